The lowest BCUT2D eigenvalue weighted by molar-refractivity contribution is -0.117. The molecule has 1 aliphatic rings. The molecule has 0 unspecified atom stereocenters. The predicted octanol–water partition coefficient (Wildman–Crippen LogP) is 4.34. The minimum Gasteiger partial charge on any atom is -0.349 e. The summed E-state index contributed by atoms with van der Waals surface area (Å²) in [5.41, 5.74) is 4.80. The smallest absolute Gasteiger partial charge is 0.262 e. The Morgan fingerprint density at radius 1 is 1.29 bits per heavy atom. The van der Waals surface area contributed by atoms with E-state index in [2.05, 4.69) is 16.0 Å². The van der Waals surface area contributed by atoms with Crippen LogP contribution in [0.5, 0.6) is 0 Å². The van der Waals surface area contributed by atoms with E-state index in [0.717, 1.165) is 46.8 Å². The topological polar surface area (TPSA) is 81.6 Å². The maximum Gasteiger partial charge on any atom is 0.262 e. The molecular weight excluding hydrogens is 368 g/mol. The van der Waals surface area contributed by atoms with Crippen LogP contribution in [0, 0.1) is 36.5 Å². The zero-order valence-electron chi connectivity index (χ0n) is 16.7. The lowest BCUT2D eigenvalue weighted by atomic mass is 9.96. The number of carbonyl (C=O) groups excluding carboxylic acids is 1. The number of aryl methyl sites for hydroxylation is 2. The maximum absolute atomic E-state index is 12.2. The number of aromatic nitrogens is 1. The largest absolute Gasteiger partial charge is 0.349 e. The van der Waals surface area contributed by atoms with Crippen molar-refractivity contribution in [3.05, 3.63) is 44.6 Å². The third kappa shape index (κ3) is 3.61. The van der Waals surface area contributed by atoms with Gasteiger partial charge in [-0.05, 0) is 76.6 Å². The summed E-state index contributed by atoms with van der Waals surface area (Å²) in [6.45, 7) is 7.68. The Kier molecular flexibility index (Phi) is 5.72. The average molecular weight is 393 g/mol. The molecule has 0 spiro atoms. The Bertz CT molecular complexity index is 1040. The number of nitrogens with zero attached hydrogens (tertiary/aromatic N) is 3. The summed E-state index contributed by atoms with van der Waals surface area (Å²) in [6, 6.07) is 6.35. The fourth-order valence-corrected chi connectivity index (χ4v) is 5.16. The number of carbonyl (C=O) groups is 1. The molecule has 0 saturated carbocycles. The van der Waals surface area contributed by atoms with Crippen molar-refractivity contribution in [2.45, 2.75) is 59.4 Å². The van der Waals surface area contributed by atoms with Crippen molar-refractivity contribution in [2.75, 3.05) is 0 Å². The van der Waals surface area contributed by atoms with Gasteiger partial charge in [-0.25, -0.2) is 0 Å². The summed E-state index contributed by atoms with van der Waals surface area (Å²) in [5.74, 6) is -0.369. The molecule has 0 aromatic carbocycles. The van der Waals surface area contributed by atoms with Crippen LogP contribution in [0.1, 0.15) is 59.6 Å². The summed E-state index contributed by atoms with van der Waals surface area (Å²) in [6.07, 6.45) is 5.94. The van der Waals surface area contributed by atoms with E-state index in [1.165, 1.54) is 16.9 Å². The van der Waals surface area contributed by atoms with Crippen molar-refractivity contribution in [2.24, 2.45) is 0 Å². The van der Waals surface area contributed by atoms with Crippen molar-refractivity contribution in [3.63, 3.8) is 0 Å². The monoisotopic (exact) mass is 392 g/mol. The number of fused-ring (bicyclic) bond motifs is 1. The van der Waals surface area contributed by atoms with Crippen LogP contribution < -0.4 is 5.32 Å². The second-order valence-corrected chi connectivity index (χ2v) is 8.55. The van der Waals surface area contributed by atoms with Gasteiger partial charge in [-0.1, -0.05) is 0 Å². The summed E-state index contributed by atoms with van der Waals surface area (Å²) < 4.78 is 2.09. The normalized spacial score (nSPS) is 13.8. The second kappa shape index (κ2) is 8.04. The summed E-state index contributed by atoms with van der Waals surface area (Å²) in [7, 11) is 0. The van der Waals surface area contributed by atoms with E-state index in [0.29, 0.717) is 0 Å². The fourth-order valence-electron chi connectivity index (χ4n) is 3.71. The molecule has 3 rings (SSSR count). The van der Waals surface area contributed by atoms with E-state index in [4.69, 9.17) is 0 Å². The van der Waals surface area contributed by atoms with Crippen LogP contribution in [0.4, 0.5) is 0 Å². The minimum absolute atomic E-state index is 0.0349. The molecule has 0 fully saturated rings. The van der Waals surface area contributed by atoms with Gasteiger partial charge in [0.25, 0.3) is 5.91 Å². The first-order valence-corrected chi connectivity index (χ1v) is 10.4. The molecule has 0 radical (unpaired) electrons. The van der Waals surface area contributed by atoms with E-state index in [9.17, 15) is 15.3 Å². The number of thiophene rings is 1. The van der Waals surface area contributed by atoms with Crippen LogP contribution in [0.2, 0.25) is 0 Å². The molecule has 0 atom stereocenters. The third-order valence-electron chi connectivity index (χ3n) is 5.02. The molecule has 1 N–H and O–H groups in total. The molecule has 28 heavy (non-hydrogen) atoms. The number of nitrogens with one attached hydrogen (secondary N) is 1. The van der Waals surface area contributed by atoms with Crippen LogP contribution in [0.25, 0.3) is 11.1 Å². The maximum atomic E-state index is 12.2. The van der Waals surface area contributed by atoms with E-state index in [-0.39, 0.29) is 17.5 Å². The number of hydrogen-bond acceptors (Lipinski definition) is 4. The lowest BCUT2D eigenvalue weighted by Crippen LogP contribution is -2.30. The van der Waals surface area contributed by atoms with Gasteiger partial charge in [0, 0.05) is 22.3 Å². The zero-order valence-corrected chi connectivity index (χ0v) is 17.5. The van der Waals surface area contributed by atoms with Gasteiger partial charge in [0.1, 0.15) is 22.7 Å². The Morgan fingerprint density at radius 2 is 2.00 bits per heavy atom. The number of rotatable bonds is 4. The highest BCUT2D eigenvalue weighted by Crippen LogP contribution is 2.38. The molecule has 2 heterocycles. The van der Waals surface area contributed by atoms with Crippen LogP contribution in [0.15, 0.2) is 11.6 Å². The third-order valence-corrected chi connectivity index (χ3v) is 6.30. The number of hydrogen-bond donors (Lipinski definition) is 1. The molecule has 2 aromatic rings. The highest BCUT2D eigenvalue weighted by molar-refractivity contribution is 7.15. The fraction of sp³-hybridized carbons (Fsp3) is 0.409. The van der Waals surface area contributed by atoms with Gasteiger partial charge >= 0.3 is 0 Å². The molecular formula is C22H24N4OS. The molecule has 2 aromatic heterocycles. The Balaban J connectivity index is 2.08. The van der Waals surface area contributed by atoms with Crippen LogP contribution in [0.3, 0.4) is 0 Å². The van der Waals surface area contributed by atoms with Crippen molar-refractivity contribution in [1.29, 1.82) is 10.5 Å². The quantitative estimate of drug-likeness (QED) is 0.621. The van der Waals surface area contributed by atoms with E-state index < -0.39 is 0 Å². The first-order valence-electron chi connectivity index (χ1n) is 9.54. The van der Waals surface area contributed by atoms with Gasteiger partial charge < -0.3 is 9.88 Å². The standard InChI is InChI=1S/C22H24N4OS/c1-13(2)25-21(27)17(11-23)10-16-9-14(3)26(15(16)4)22-19(12-24)18-7-5-6-8-20(18)28-22/h9-10,13H,5-8H2,1-4H3,(H,25,27)/b17-10+. The summed E-state index contributed by atoms with van der Waals surface area (Å²) in [4.78, 5) is 13.6. The summed E-state index contributed by atoms with van der Waals surface area (Å²) >= 11 is 1.70. The molecule has 144 valence electrons. The van der Waals surface area contributed by atoms with Gasteiger partial charge in [-0.2, -0.15) is 10.5 Å². The number of nitriles is 2. The van der Waals surface area contributed by atoms with E-state index >= 15 is 0 Å². The zero-order chi connectivity index (χ0) is 20.4. The van der Waals surface area contributed by atoms with Crippen molar-refractivity contribution in [1.82, 2.24) is 9.88 Å². The first-order chi connectivity index (χ1) is 13.4. The average Bonchev–Trinajstić information content (AvgIpc) is 3.14. The van der Waals surface area contributed by atoms with Crippen molar-refractivity contribution in [3.8, 4) is 17.1 Å². The predicted molar refractivity (Wildman–Crippen MR) is 111 cm³/mol. The molecule has 1 amide bonds. The van der Waals surface area contributed by atoms with Crippen LogP contribution in [-0.4, -0.2) is 16.5 Å². The Morgan fingerprint density at radius 3 is 2.64 bits per heavy atom. The molecule has 0 saturated heterocycles. The minimum atomic E-state index is -0.369. The molecule has 6 heteroatoms. The lowest BCUT2D eigenvalue weighted by Gasteiger charge is -2.10. The molecule has 0 aliphatic heterocycles. The van der Waals surface area contributed by atoms with E-state index in [1.54, 1.807) is 17.4 Å². The second-order valence-electron chi connectivity index (χ2n) is 7.46. The highest BCUT2D eigenvalue weighted by atomic mass is 32.1. The van der Waals surface area contributed by atoms with Gasteiger partial charge in [0.15, 0.2) is 0 Å². The van der Waals surface area contributed by atoms with Gasteiger partial charge in [0.2, 0.25) is 0 Å². The van der Waals surface area contributed by atoms with Crippen LogP contribution in [-0.2, 0) is 17.6 Å². The molecule has 1 aliphatic carbocycles. The number of amides is 1. The first kappa shape index (κ1) is 19.9. The molecule has 0 bridgehead atoms. The van der Waals surface area contributed by atoms with Crippen molar-refractivity contribution < 1.29 is 4.79 Å². The summed E-state index contributed by atoms with van der Waals surface area (Å²) in [5, 5.41) is 22.9. The van der Waals surface area contributed by atoms with Crippen molar-refractivity contribution >= 4 is 23.3 Å². The van der Waals surface area contributed by atoms with E-state index in [1.807, 2.05) is 39.8 Å². The molecule has 5 nitrogen and oxygen atoms in total. The van der Waals surface area contributed by atoms with Gasteiger partial charge in [-0.3, -0.25) is 4.79 Å². The Labute approximate surface area is 169 Å². The van der Waals surface area contributed by atoms with Gasteiger partial charge in [-0.15, -0.1) is 11.3 Å². The van der Waals surface area contributed by atoms with Crippen LogP contribution >= 0.6 is 11.3 Å². The van der Waals surface area contributed by atoms with Gasteiger partial charge in [0.05, 0.1) is 5.56 Å². The highest BCUT2D eigenvalue weighted by Gasteiger charge is 2.24. The Hall–Kier alpha value is -2.83. The SMILES string of the molecule is Cc1cc(/C=C(\C#N)C(=O)NC(C)C)c(C)n1-c1sc2c(c1C#N)CCCC2.